The summed E-state index contributed by atoms with van der Waals surface area (Å²) < 4.78 is 24.5. The van der Waals surface area contributed by atoms with E-state index in [2.05, 4.69) is 9.82 Å². The molecule has 1 aliphatic rings. The number of piperidine rings is 1. The number of nitrogens with zero attached hydrogens (tertiary/aromatic N) is 2. The highest BCUT2D eigenvalue weighted by Gasteiger charge is 2.29. The van der Waals surface area contributed by atoms with Crippen molar-refractivity contribution in [3.8, 4) is 0 Å². The van der Waals surface area contributed by atoms with Crippen molar-refractivity contribution in [1.82, 2.24) is 14.8 Å². The van der Waals surface area contributed by atoms with Gasteiger partial charge in [0.05, 0.1) is 0 Å². The molecule has 19 heavy (non-hydrogen) atoms. The van der Waals surface area contributed by atoms with Gasteiger partial charge in [-0.1, -0.05) is 6.42 Å². The van der Waals surface area contributed by atoms with Crippen LogP contribution in [0.5, 0.6) is 0 Å². The minimum absolute atomic E-state index is 0.131. The van der Waals surface area contributed by atoms with Crippen LogP contribution >= 0.6 is 0 Å². The number of sulfonamides is 1. The van der Waals surface area contributed by atoms with Crippen LogP contribution in [0.25, 0.3) is 0 Å². The third kappa shape index (κ3) is 3.23. The molecule has 1 aromatic heterocycles. The van der Waals surface area contributed by atoms with E-state index in [0.717, 1.165) is 19.3 Å². The van der Waals surface area contributed by atoms with E-state index >= 15 is 0 Å². The molecule has 0 saturated carbocycles. The molecule has 106 valence electrons. The fourth-order valence-electron chi connectivity index (χ4n) is 2.34. The van der Waals surface area contributed by atoms with Gasteiger partial charge in [-0.05, 0) is 38.8 Å². The lowest BCUT2D eigenvalue weighted by Gasteiger charge is -2.38. The molecule has 2 unspecified atom stereocenters. The van der Waals surface area contributed by atoms with E-state index in [4.69, 9.17) is 5.73 Å². The molecule has 1 fully saturated rings. The second-order valence-corrected chi connectivity index (χ2v) is 6.71. The fraction of sp³-hybridized carbons (Fsp3) is 0.583. The summed E-state index contributed by atoms with van der Waals surface area (Å²) in [4.78, 5) is 6.60. The molecule has 0 spiro atoms. The van der Waals surface area contributed by atoms with Crippen LogP contribution < -0.4 is 10.6 Å². The van der Waals surface area contributed by atoms with E-state index < -0.39 is 10.0 Å². The lowest BCUT2D eigenvalue weighted by Crippen LogP contribution is -2.53. The minimum atomic E-state index is -3.58. The van der Waals surface area contributed by atoms with Crippen LogP contribution in [0, 0.1) is 0 Å². The van der Waals surface area contributed by atoms with Crippen LogP contribution in [0.1, 0.15) is 33.1 Å². The summed E-state index contributed by atoms with van der Waals surface area (Å²) in [5, 5.41) is 1.81. The summed E-state index contributed by atoms with van der Waals surface area (Å²) in [7, 11) is -3.58. The average Bonchev–Trinajstić information content (AvgIpc) is 2.35. The molecule has 0 aliphatic carbocycles. The number of nitrogens with one attached hydrogen (secondary N) is 1. The first-order chi connectivity index (χ1) is 8.90. The van der Waals surface area contributed by atoms with Gasteiger partial charge >= 0.3 is 0 Å². The minimum Gasteiger partial charge on any atom is -0.384 e. The summed E-state index contributed by atoms with van der Waals surface area (Å²) in [6, 6.07) is 3.34. The Balaban J connectivity index is 2.18. The van der Waals surface area contributed by atoms with E-state index in [9.17, 15) is 8.42 Å². The molecular formula is C12H20N4O2S. The molecule has 2 heterocycles. The predicted molar refractivity (Wildman–Crippen MR) is 73.6 cm³/mol. The molecular weight excluding hydrogens is 264 g/mol. The molecule has 6 nitrogen and oxygen atoms in total. The molecule has 7 heteroatoms. The first-order valence-corrected chi connectivity index (χ1v) is 7.91. The fourth-order valence-corrected chi connectivity index (χ4v) is 3.52. The standard InChI is InChI=1S/C12H20N4O2S/c1-9-4-3-5-10(2)16(9)15-19(17,18)11-6-7-12(13)14-8-11/h6-10,15H,3-5H2,1-2H3,(H2,13,14). The van der Waals surface area contributed by atoms with Gasteiger partial charge in [-0.2, -0.15) is 0 Å². The predicted octanol–water partition coefficient (Wildman–Crippen LogP) is 1.12. The number of hydrazine groups is 1. The SMILES string of the molecule is CC1CCCC(C)N1NS(=O)(=O)c1ccc(N)nc1. The van der Waals surface area contributed by atoms with E-state index in [-0.39, 0.29) is 17.0 Å². The highest BCUT2D eigenvalue weighted by Crippen LogP contribution is 2.22. The Bertz CT molecular complexity index is 519. The average molecular weight is 284 g/mol. The van der Waals surface area contributed by atoms with Crippen LogP contribution in [0.3, 0.4) is 0 Å². The maximum absolute atomic E-state index is 12.3. The van der Waals surface area contributed by atoms with Crippen LogP contribution in [0.2, 0.25) is 0 Å². The van der Waals surface area contributed by atoms with Crippen molar-refractivity contribution in [1.29, 1.82) is 0 Å². The molecule has 1 saturated heterocycles. The number of nitrogens with two attached hydrogens (primary N) is 1. The van der Waals surface area contributed by atoms with Crippen LogP contribution in [0.15, 0.2) is 23.2 Å². The Hall–Kier alpha value is -1.18. The Morgan fingerprint density at radius 2 is 1.95 bits per heavy atom. The Morgan fingerprint density at radius 1 is 1.32 bits per heavy atom. The van der Waals surface area contributed by atoms with Gasteiger partial charge in [0, 0.05) is 18.3 Å². The number of nitrogen functional groups attached to an aromatic ring is 1. The largest absolute Gasteiger partial charge is 0.384 e. The molecule has 0 bridgehead atoms. The normalized spacial score (nSPS) is 25.4. The Morgan fingerprint density at radius 3 is 2.47 bits per heavy atom. The number of hydrogen-bond acceptors (Lipinski definition) is 5. The van der Waals surface area contributed by atoms with Crippen molar-refractivity contribution >= 4 is 15.8 Å². The van der Waals surface area contributed by atoms with Crippen molar-refractivity contribution in [3.63, 3.8) is 0 Å². The van der Waals surface area contributed by atoms with Crippen LogP contribution in [0.4, 0.5) is 5.82 Å². The highest BCUT2D eigenvalue weighted by molar-refractivity contribution is 7.89. The molecule has 1 aliphatic heterocycles. The van der Waals surface area contributed by atoms with Crippen molar-refractivity contribution in [3.05, 3.63) is 18.3 Å². The van der Waals surface area contributed by atoms with E-state index in [1.807, 2.05) is 18.9 Å². The zero-order valence-electron chi connectivity index (χ0n) is 11.2. The molecule has 2 rings (SSSR count). The second kappa shape index (κ2) is 5.44. The Labute approximate surface area is 114 Å². The lowest BCUT2D eigenvalue weighted by atomic mass is 10.0. The number of aromatic nitrogens is 1. The van der Waals surface area contributed by atoms with Gasteiger partial charge in [0.2, 0.25) is 0 Å². The zero-order chi connectivity index (χ0) is 14.0. The van der Waals surface area contributed by atoms with Crippen molar-refractivity contribution in [2.24, 2.45) is 0 Å². The third-order valence-corrected chi connectivity index (χ3v) is 4.80. The summed E-state index contributed by atoms with van der Waals surface area (Å²) in [6.45, 7) is 4.05. The summed E-state index contributed by atoms with van der Waals surface area (Å²) in [5.74, 6) is 0.304. The first-order valence-electron chi connectivity index (χ1n) is 6.42. The van der Waals surface area contributed by atoms with Gasteiger partial charge in [-0.25, -0.2) is 18.4 Å². The van der Waals surface area contributed by atoms with Gasteiger partial charge < -0.3 is 5.73 Å². The van der Waals surface area contributed by atoms with E-state index in [0.29, 0.717) is 5.82 Å². The molecule has 0 amide bonds. The van der Waals surface area contributed by atoms with Crippen molar-refractivity contribution in [2.75, 3.05) is 5.73 Å². The molecule has 3 N–H and O–H groups in total. The molecule has 2 atom stereocenters. The maximum atomic E-state index is 12.3. The van der Waals surface area contributed by atoms with Gasteiger partial charge in [0.15, 0.2) is 0 Å². The van der Waals surface area contributed by atoms with E-state index in [1.54, 1.807) is 0 Å². The van der Waals surface area contributed by atoms with Gasteiger partial charge in [-0.15, -0.1) is 4.83 Å². The monoisotopic (exact) mass is 284 g/mol. The summed E-state index contributed by atoms with van der Waals surface area (Å²) in [6.07, 6.45) is 4.39. The topological polar surface area (TPSA) is 88.3 Å². The van der Waals surface area contributed by atoms with Gasteiger partial charge in [0.25, 0.3) is 10.0 Å². The van der Waals surface area contributed by atoms with Crippen LogP contribution in [-0.4, -0.2) is 30.5 Å². The van der Waals surface area contributed by atoms with Gasteiger partial charge in [0.1, 0.15) is 10.7 Å². The number of hydrogen-bond donors (Lipinski definition) is 2. The van der Waals surface area contributed by atoms with Crippen molar-refractivity contribution < 1.29 is 8.42 Å². The first kappa shape index (κ1) is 14.2. The molecule has 0 aromatic carbocycles. The van der Waals surface area contributed by atoms with Crippen molar-refractivity contribution in [2.45, 2.75) is 50.1 Å². The second-order valence-electron chi connectivity index (χ2n) is 5.05. The van der Waals surface area contributed by atoms with Crippen LogP contribution in [-0.2, 0) is 10.0 Å². The summed E-state index contributed by atoms with van der Waals surface area (Å²) >= 11 is 0. The highest BCUT2D eigenvalue weighted by atomic mass is 32.2. The maximum Gasteiger partial charge on any atom is 0.255 e. The van der Waals surface area contributed by atoms with Gasteiger partial charge in [-0.3, -0.25) is 0 Å². The number of rotatable bonds is 3. The number of pyridine rings is 1. The number of anilines is 1. The lowest BCUT2D eigenvalue weighted by molar-refractivity contribution is 0.0790. The molecule has 0 radical (unpaired) electrons. The summed E-state index contributed by atoms with van der Waals surface area (Å²) in [5.41, 5.74) is 5.46. The zero-order valence-corrected chi connectivity index (χ0v) is 12.0. The van der Waals surface area contributed by atoms with E-state index in [1.165, 1.54) is 18.3 Å². The third-order valence-electron chi connectivity index (χ3n) is 3.49. The smallest absolute Gasteiger partial charge is 0.255 e. The Kier molecular flexibility index (Phi) is 4.07. The molecule has 1 aromatic rings. The quantitative estimate of drug-likeness (QED) is 0.868.